The number of rotatable bonds is 6. The SMILES string of the molecule is O=C(c1cn(C[C@@H]2CC(F)(F)CN2C(=O)NCCc2ccccc2)nn1)N1CCCC1. The van der Waals surface area contributed by atoms with Crippen LogP contribution in [0.25, 0.3) is 0 Å². The predicted molar refractivity (Wildman–Crippen MR) is 109 cm³/mol. The minimum atomic E-state index is -2.96. The molecule has 2 saturated heterocycles. The Labute approximate surface area is 179 Å². The van der Waals surface area contributed by atoms with Crippen LogP contribution in [0, 0.1) is 0 Å². The molecule has 1 N–H and O–H groups in total. The fraction of sp³-hybridized carbons (Fsp3) is 0.524. The van der Waals surface area contributed by atoms with Crippen LogP contribution in [0.15, 0.2) is 36.5 Å². The molecule has 1 aromatic carbocycles. The first kappa shape index (κ1) is 21.2. The molecule has 0 aliphatic carbocycles. The fourth-order valence-corrected chi connectivity index (χ4v) is 4.14. The lowest BCUT2D eigenvalue weighted by Gasteiger charge is -2.24. The molecular formula is C21H26F2N6O2. The number of likely N-dealkylation sites (tertiary alicyclic amines) is 2. The number of nitrogens with zero attached hydrogens (tertiary/aromatic N) is 5. The van der Waals surface area contributed by atoms with E-state index < -0.39 is 31.0 Å². The highest BCUT2D eigenvalue weighted by Gasteiger charge is 2.47. The zero-order valence-corrected chi connectivity index (χ0v) is 17.2. The Morgan fingerprint density at radius 2 is 1.90 bits per heavy atom. The van der Waals surface area contributed by atoms with Crippen LogP contribution in [0.5, 0.6) is 0 Å². The molecule has 2 aliphatic heterocycles. The minimum Gasteiger partial charge on any atom is -0.338 e. The lowest BCUT2D eigenvalue weighted by atomic mass is 10.1. The largest absolute Gasteiger partial charge is 0.338 e. The van der Waals surface area contributed by atoms with Gasteiger partial charge in [-0.05, 0) is 24.8 Å². The first-order valence-corrected chi connectivity index (χ1v) is 10.6. The molecule has 0 radical (unpaired) electrons. The van der Waals surface area contributed by atoms with Crippen molar-refractivity contribution in [1.29, 1.82) is 0 Å². The predicted octanol–water partition coefficient (Wildman–Crippen LogP) is 2.18. The molecule has 31 heavy (non-hydrogen) atoms. The highest BCUT2D eigenvalue weighted by Crippen LogP contribution is 2.32. The van der Waals surface area contributed by atoms with Crippen LogP contribution >= 0.6 is 0 Å². The van der Waals surface area contributed by atoms with Crippen molar-refractivity contribution >= 4 is 11.9 Å². The third-order valence-electron chi connectivity index (χ3n) is 5.72. The first-order valence-electron chi connectivity index (χ1n) is 10.6. The summed E-state index contributed by atoms with van der Waals surface area (Å²) >= 11 is 0. The smallest absolute Gasteiger partial charge is 0.317 e. The first-order chi connectivity index (χ1) is 14.9. The molecule has 0 saturated carbocycles. The van der Waals surface area contributed by atoms with Crippen molar-refractivity contribution in [3.05, 3.63) is 47.8 Å². The van der Waals surface area contributed by atoms with Gasteiger partial charge in [-0.25, -0.2) is 18.3 Å². The summed E-state index contributed by atoms with van der Waals surface area (Å²) < 4.78 is 29.6. The summed E-state index contributed by atoms with van der Waals surface area (Å²) in [4.78, 5) is 27.9. The highest BCUT2D eigenvalue weighted by atomic mass is 19.3. The molecule has 2 aromatic rings. The molecule has 4 rings (SSSR count). The van der Waals surface area contributed by atoms with Gasteiger partial charge in [0.2, 0.25) is 0 Å². The standard InChI is InChI=1S/C21H26F2N6O2/c22-21(23)12-17(13-28-14-18(25-26-28)19(30)27-10-4-5-11-27)29(15-21)20(31)24-9-8-16-6-2-1-3-7-16/h1-3,6-7,14,17H,4-5,8-13,15H2,(H,24,31)/t17-/m0/s1. The lowest BCUT2D eigenvalue weighted by molar-refractivity contribution is 0.0145. The molecule has 10 heteroatoms. The Bertz CT molecular complexity index is 914. The van der Waals surface area contributed by atoms with E-state index in [-0.39, 0.29) is 18.1 Å². The second kappa shape index (κ2) is 8.99. The van der Waals surface area contributed by atoms with Crippen LogP contribution in [-0.4, -0.2) is 74.9 Å². The minimum absolute atomic E-state index is 0.0575. The van der Waals surface area contributed by atoms with Crippen LogP contribution < -0.4 is 5.32 Å². The number of carbonyl (C=O) groups excluding carboxylic acids is 2. The quantitative estimate of drug-likeness (QED) is 0.759. The molecular weight excluding hydrogens is 406 g/mol. The maximum atomic E-state index is 14.1. The number of halogens is 2. The van der Waals surface area contributed by atoms with Crippen LogP contribution in [0.1, 0.15) is 35.3 Å². The Kier molecular flexibility index (Phi) is 6.15. The van der Waals surface area contributed by atoms with Crippen molar-refractivity contribution in [2.24, 2.45) is 0 Å². The zero-order valence-electron chi connectivity index (χ0n) is 17.2. The van der Waals surface area contributed by atoms with E-state index in [1.54, 1.807) is 4.90 Å². The van der Waals surface area contributed by atoms with Crippen LogP contribution in [0.4, 0.5) is 13.6 Å². The van der Waals surface area contributed by atoms with Crippen LogP contribution in [-0.2, 0) is 13.0 Å². The number of hydrogen-bond acceptors (Lipinski definition) is 4. The molecule has 0 bridgehead atoms. The van der Waals surface area contributed by atoms with E-state index in [0.29, 0.717) is 26.1 Å². The lowest BCUT2D eigenvalue weighted by Crippen LogP contribution is -2.45. The monoisotopic (exact) mass is 432 g/mol. The van der Waals surface area contributed by atoms with Crippen molar-refractivity contribution < 1.29 is 18.4 Å². The van der Waals surface area contributed by atoms with E-state index in [2.05, 4.69) is 15.6 Å². The van der Waals surface area contributed by atoms with Crippen molar-refractivity contribution in [3.63, 3.8) is 0 Å². The number of urea groups is 1. The van der Waals surface area contributed by atoms with Gasteiger partial charge in [0.1, 0.15) is 0 Å². The maximum absolute atomic E-state index is 14.1. The number of carbonyl (C=O) groups is 2. The van der Waals surface area contributed by atoms with Gasteiger partial charge in [-0.3, -0.25) is 4.79 Å². The Balaban J connectivity index is 1.36. The Morgan fingerprint density at radius 3 is 2.65 bits per heavy atom. The van der Waals surface area contributed by atoms with E-state index in [4.69, 9.17) is 0 Å². The van der Waals surface area contributed by atoms with Crippen molar-refractivity contribution in [2.75, 3.05) is 26.2 Å². The molecule has 3 amide bonds. The number of nitrogens with one attached hydrogen (secondary N) is 1. The second-order valence-corrected chi connectivity index (χ2v) is 8.13. The van der Waals surface area contributed by atoms with Gasteiger partial charge < -0.3 is 15.1 Å². The van der Waals surface area contributed by atoms with Crippen molar-refractivity contribution in [3.8, 4) is 0 Å². The molecule has 8 nitrogen and oxygen atoms in total. The summed E-state index contributed by atoms with van der Waals surface area (Å²) in [7, 11) is 0. The highest BCUT2D eigenvalue weighted by molar-refractivity contribution is 5.92. The van der Waals surface area contributed by atoms with E-state index in [0.717, 1.165) is 23.3 Å². The molecule has 3 heterocycles. The second-order valence-electron chi connectivity index (χ2n) is 8.13. The van der Waals surface area contributed by atoms with Crippen LogP contribution in [0.3, 0.4) is 0 Å². The molecule has 0 unspecified atom stereocenters. The van der Waals surface area contributed by atoms with Gasteiger partial charge in [0.15, 0.2) is 5.69 Å². The average Bonchev–Trinajstić information content (AvgIpc) is 3.49. The molecule has 1 aromatic heterocycles. The normalized spacial score (nSPS) is 20.3. The van der Waals surface area contributed by atoms with Gasteiger partial charge >= 0.3 is 6.03 Å². The summed E-state index contributed by atoms with van der Waals surface area (Å²) in [6.07, 6.45) is 3.57. The van der Waals surface area contributed by atoms with Gasteiger partial charge in [-0.2, -0.15) is 0 Å². The van der Waals surface area contributed by atoms with E-state index in [1.807, 2.05) is 30.3 Å². The topological polar surface area (TPSA) is 83.4 Å². The van der Waals surface area contributed by atoms with Crippen molar-refractivity contribution in [1.82, 2.24) is 30.1 Å². The third-order valence-corrected chi connectivity index (χ3v) is 5.72. The zero-order chi connectivity index (χ0) is 21.8. The third kappa shape index (κ3) is 5.18. The summed E-state index contributed by atoms with van der Waals surface area (Å²) in [5, 5.41) is 10.6. The summed E-state index contributed by atoms with van der Waals surface area (Å²) in [5.41, 5.74) is 1.26. The Hall–Kier alpha value is -3.04. The van der Waals surface area contributed by atoms with Crippen LogP contribution in [0.2, 0.25) is 0 Å². The number of amides is 3. The van der Waals surface area contributed by atoms with Crippen molar-refractivity contribution in [2.45, 2.75) is 44.2 Å². The fourth-order valence-electron chi connectivity index (χ4n) is 4.14. The summed E-state index contributed by atoms with van der Waals surface area (Å²) in [6.45, 7) is 1.16. The summed E-state index contributed by atoms with van der Waals surface area (Å²) in [5.74, 6) is -3.16. The molecule has 0 spiro atoms. The number of alkyl halides is 2. The maximum Gasteiger partial charge on any atom is 0.317 e. The van der Waals surface area contributed by atoms with Gasteiger partial charge in [0, 0.05) is 26.1 Å². The molecule has 2 aliphatic rings. The van der Waals surface area contributed by atoms with E-state index >= 15 is 0 Å². The number of benzene rings is 1. The molecule has 2 fully saturated rings. The number of hydrogen-bond donors (Lipinski definition) is 1. The molecule has 1 atom stereocenters. The number of aromatic nitrogens is 3. The average molecular weight is 432 g/mol. The molecule has 166 valence electrons. The van der Waals surface area contributed by atoms with Gasteiger partial charge in [-0.1, -0.05) is 35.5 Å². The van der Waals surface area contributed by atoms with E-state index in [1.165, 1.54) is 10.9 Å². The van der Waals surface area contributed by atoms with E-state index in [9.17, 15) is 18.4 Å². The van der Waals surface area contributed by atoms with Gasteiger partial charge in [-0.15, -0.1) is 5.10 Å². The van der Waals surface area contributed by atoms with Gasteiger partial charge in [0.05, 0.1) is 25.3 Å². The van der Waals surface area contributed by atoms with Gasteiger partial charge in [0.25, 0.3) is 11.8 Å². The Morgan fingerprint density at radius 1 is 1.16 bits per heavy atom. The summed E-state index contributed by atoms with van der Waals surface area (Å²) in [6, 6.07) is 8.38.